The van der Waals surface area contributed by atoms with E-state index in [9.17, 15) is 4.79 Å². The van der Waals surface area contributed by atoms with Gasteiger partial charge in [-0.25, -0.2) is 4.79 Å². The summed E-state index contributed by atoms with van der Waals surface area (Å²) in [5.74, 6) is 0.686. The molecule has 0 aliphatic rings. The molecular formula is C12H22N6O4. The number of rotatable bonds is 9. The summed E-state index contributed by atoms with van der Waals surface area (Å²) in [6.07, 6.45) is -0.480. The minimum atomic E-state index is -0.495. The number of methoxy groups -OCH3 is 2. The zero-order chi connectivity index (χ0) is 16.4. The second kappa shape index (κ2) is 9.55. The van der Waals surface area contributed by atoms with Gasteiger partial charge in [0.2, 0.25) is 11.9 Å². The van der Waals surface area contributed by atoms with E-state index in [4.69, 9.17) is 14.2 Å². The Morgan fingerprint density at radius 2 is 1.86 bits per heavy atom. The van der Waals surface area contributed by atoms with Crippen molar-refractivity contribution < 1.29 is 19.0 Å². The van der Waals surface area contributed by atoms with Crippen LogP contribution < -0.4 is 20.7 Å². The average molecular weight is 314 g/mol. The maximum atomic E-state index is 10.9. The normalized spacial score (nSPS) is 11.5. The summed E-state index contributed by atoms with van der Waals surface area (Å²) in [5.41, 5.74) is 0. The molecule has 3 N–H and O–H groups in total. The first-order chi connectivity index (χ1) is 10.6. The summed E-state index contributed by atoms with van der Waals surface area (Å²) in [5, 5.41) is 8.30. The van der Waals surface area contributed by atoms with E-state index in [0.717, 1.165) is 0 Å². The Morgan fingerprint density at radius 1 is 1.18 bits per heavy atom. The molecule has 1 heterocycles. The van der Waals surface area contributed by atoms with Crippen LogP contribution in [0.15, 0.2) is 0 Å². The van der Waals surface area contributed by atoms with Gasteiger partial charge in [-0.15, -0.1) is 0 Å². The lowest BCUT2D eigenvalue weighted by atomic mass is 10.4. The standard InChI is InChI=1S/C12H22N6O4/c1-8(20-3)7-15-10-16-9(17-11(18-10)21-4)14-5-6-22-12(19)13-2/h8H,5-7H2,1-4H3,(H,13,19)(H2,14,15,16,17,18). The molecule has 1 rings (SSSR count). The average Bonchev–Trinajstić information content (AvgIpc) is 2.55. The molecule has 1 aromatic heterocycles. The Balaban J connectivity index is 2.56. The van der Waals surface area contributed by atoms with E-state index in [-0.39, 0.29) is 18.7 Å². The van der Waals surface area contributed by atoms with Crippen molar-refractivity contribution in [2.45, 2.75) is 13.0 Å². The van der Waals surface area contributed by atoms with Crippen LogP contribution in [0.4, 0.5) is 16.7 Å². The maximum absolute atomic E-state index is 10.9. The molecule has 124 valence electrons. The summed E-state index contributed by atoms with van der Waals surface area (Å²) in [6.45, 7) is 3.00. The Hall–Kier alpha value is -2.36. The van der Waals surface area contributed by atoms with Crippen molar-refractivity contribution in [2.75, 3.05) is 51.6 Å². The van der Waals surface area contributed by atoms with Gasteiger partial charge in [-0.3, -0.25) is 0 Å². The summed E-state index contributed by atoms with van der Waals surface area (Å²) in [7, 11) is 4.58. The Kier molecular flexibility index (Phi) is 7.68. The van der Waals surface area contributed by atoms with Gasteiger partial charge >= 0.3 is 12.1 Å². The fraction of sp³-hybridized carbons (Fsp3) is 0.667. The molecule has 22 heavy (non-hydrogen) atoms. The third-order valence-corrected chi connectivity index (χ3v) is 2.57. The lowest BCUT2D eigenvalue weighted by molar-refractivity contribution is 0.128. The van der Waals surface area contributed by atoms with E-state index >= 15 is 0 Å². The van der Waals surface area contributed by atoms with E-state index in [1.54, 1.807) is 7.11 Å². The van der Waals surface area contributed by atoms with Crippen molar-refractivity contribution in [3.8, 4) is 6.01 Å². The molecule has 0 saturated carbocycles. The Morgan fingerprint density at radius 3 is 2.45 bits per heavy atom. The van der Waals surface area contributed by atoms with Crippen LogP contribution in [0.25, 0.3) is 0 Å². The van der Waals surface area contributed by atoms with Crippen LogP contribution in [0, 0.1) is 0 Å². The minimum Gasteiger partial charge on any atom is -0.467 e. The zero-order valence-electron chi connectivity index (χ0n) is 13.2. The zero-order valence-corrected chi connectivity index (χ0v) is 13.2. The number of ether oxygens (including phenoxy) is 3. The highest BCUT2D eigenvalue weighted by molar-refractivity contribution is 5.66. The van der Waals surface area contributed by atoms with Crippen LogP contribution in [0.3, 0.4) is 0 Å². The minimum absolute atomic E-state index is 0.0140. The molecule has 0 radical (unpaired) electrons. The molecule has 1 aromatic rings. The number of nitrogens with one attached hydrogen (secondary N) is 3. The summed E-state index contributed by atoms with van der Waals surface area (Å²) >= 11 is 0. The van der Waals surface area contributed by atoms with E-state index in [1.165, 1.54) is 14.2 Å². The Labute approximate surface area is 129 Å². The molecular weight excluding hydrogens is 292 g/mol. The highest BCUT2D eigenvalue weighted by atomic mass is 16.5. The number of carbonyl (C=O) groups excluding carboxylic acids is 1. The molecule has 0 aliphatic heterocycles. The number of amides is 1. The van der Waals surface area contributed by atoms with Gasteiger partial charge in [0.1, 0.15) is 6.61 Å². The third kappa shape index (κ3) is 6.39. The fourth-order valence-corrected chi connectivity index (χ4v) is 1.30. The van der Waals surface area contributed by atoms with Gasteiger partial charge in [0.15, 0.2) is 0 Å². The second-order valence-electron chi connectivity index (χ2n) is 4.21. The number of hydrogen-bond donors (Lipinski definition) is 3. The van der Waals surface area contributed by atoms with Crippen LogP contribution in [-0.4, -0.2) is 68.1 Å². The molecule has 0 saturated heterocycles. The topological polar surface area (TPSA) is 120 Å². The van der Waals surface area contributed by atoms with Gasteiger partial charge in [0.25, 0.3) is 0 Å². The molecule has 10 heteroatoms. The summed E-state index contributed by atoms with van der Waals surface area (Å²) in [6, 6.07) is 0.178. The van der Waals surface area contributed by atoms with Gasteiger partial charge in [0, 0.05) is 20.7 Å². The molecule has 0 spiro atoms. The van der Waals surface area contributed by atoms with E-state index in [1.807, 2.05) is 6.92 Å². The smallest absolute Gasteiger partial charge is 0.406 e. The quantitative estimate of drug-likeness (QED) is 0.545. The molecule has 0 aliphatic carbocycles. The van der Waals surface area contributed by atoms with Crippen molar-refractivity contribution >= 4 is 18.0 Å². The number of alkyl carbamates (subject to hydrolysis) is 1. The van der Waals surface area contributed by atoms with Crippen molar-refractivity contribution in [1.29, 1.82) is 0 Å². The summed E-state index contributed by atoms with van der Waals surface area (Å²) in [4.78, 5) is 23.2. The van der Waals surface area contributed by atoms with Gasteiger partial charge in [-0.05, 0) is 6.92 Å². The molecule has 10 nitrogen and oxygen atoms in total. The van der Waals surface area contributed by atoms with E-state index < -0.39 is 6.09 Å². The molecule has 1 amide bonds. The fourth-order valence-electron chi connectivity index (χ4n) is 1.30. The molecule has 0 bridgehead atoms. The van der Waals surface area contributed by atoms with Crippen molar-refractivity contribution in [3.63, 3.8) is 0 Å². The van der Waals surface area contributed by atoms with Crippen molar-refractivity contribution in [2.24, 2.45) is 0 Å². The van der Waals surface area contributed by atoms with Crippen molar-refractivity contribution in [3.05, 3.63) is 0 Å². The summed E-state index contributed by atoms with van der Waals surface area (Å²) < 4.78 is 15.0. The second-order valence-corrected chi connectivity index (χ2v) is 4.21. The van der Waals surface area contributed by atoms with Gasteiger partial charge in [0.05, 0.1) is 19.8 Å². The number of carbonyl (C=O) groups is 1. The van der Waals surface area contributed by atoms with Gasteiger partial charge in [-0.1, -0.05) is 0 Å². The first-order valence-corrected chi connectivity index (χ1v) is 6.74. The number of aromatic nitrogens is 3. The lowest BCUT2D eigenvalue weighted by Gasteiger charge is -2.12. The third-order valence-electron chi connectivity index (χ3n) is 2.57. The first kappa shape index (κ1) is 17.7. The number of anilines is 2. The van der Waals surface area contributed by atoms with Crippen LogP contribution in [-0.2, 0) is 9.47 Å². The Bertz CT molecular complexity index is 473. The highest BCUT2D eigenvalue weighted by Gasteiger charge is 2.08. The lowest BCUT2D eigenvalue weighted by Crippen LogP contribution is -2.23. The first-order valence-electron chi connectivity index (χ1n) is 6.74. The van der Waals surface area contributed by atoms with Crippen LogP contribution in [0.1, 0.15) is 6.92 Å². The monoisotopic (exact) mass is 314 g/mol. The van der Waals surface area contributed by atoms with Crippen molar-refractivity contribution in [1.82, 2.24) is 20.3 Å². The van der Waals surface area contributed by atoms with Crippen LogP contribution in [0.2, 0.25) is 0 Å². The predicted octanol–water partition coefficient (Wildman–Crippen LogP) is 0.0949. The number of nitrogens with zero attached hydrogens (tertiary/aromatic N) is 3. The molecule has 1 atom stereocenters. The van der Waals surface area contributed by atoms with Gasteiger partial charge in [-0.2, -0.15) is 15.0 Å². The van der Waals surface area contributed by atoms with E-state index in [0.29, 0.717) is 25.0 Å². The molecule has 0 aromatic carbocycles. The number of hydrogen-bond acceptors (Lipinski definition) is 9. The molecule has 0 fully saturated rings. The largest absolute Gasteiger partial charge is 0.467 e. The molecule has 1 unspecified atom stereocenters. The van der Waals surface area contributed by atoms with Gasteiger partial charge < -0.3 is 30.2 Å². The maximum Gasteiger partial charge on any atom is 0.406 e. The van der Waals surface area contributed by atoms with E-state index in [2.05, 4.69) is 30.9 Å². The predicted molar refractivity (Wildman–Crippen MR) is 80.2 cm³/mol. The van der Waals surface area contributed by atoms with Crippen LogP contribution in [0.5, 0.6) is 6.01 Å². The SMILES string of the molecule is CNC(=O)OCCNc1nc(NCC(C)OC)nc(OC)n1. The van der Waals surface area contributed by atoms with Crippen LogP contribution >= 0.6 is 0 Å². The highest BCUT2D eigenvalue weighted by Crippen LogP contribution is 2.10.